The third-order valence-corrected chi connectivity index (χ3v) is 4.37. The minimum atomic E-state index is 0.713. The number of rotatable bonds is 4. The van der Waals surface area contributed by atoms with Gasteiger partial charge < -0.3 is 13.9 Å². The Balaban J connectivity index is 1.80. The average molecular weight is 330 g/mol. The van der Waals surface area contributed by atoms with Gasteiger partial charge in [0.25, 0.3) is 0 Å². The number of methoxy groups -OCH3 is 2. The molecule has 0 saturated carbocycles. The van der Waals surface area contributed by atoms with Gasteiger partial charge in [0.2, 0.25) is 0 Å². The highest BCUT2D eigenvalue weighted by atomic mass is 16.5. The molecule has 0 radical (unpaired) electrons. The number of hydrogen-bond donors (Lipinski definition) is 0. The van der Waals surface area contributed by atoms with E-state index in [1.165, 1.54) is 11.1 Å². The summed E-state index contributed by atoms with van der Waals surface area (Å²) >= 11 is 0. The highest BCUT2D eigenvalue weighted by Gasteiger charge is 2.15. The number of fused-ring (bicyclic) bond motifs is 1. The van der Waals surface area contributed by atoms with Crippen molar-refractivity contribution in [2.45, 2.75) is 0 Å². The van der Waals surface area contributed by atoms with Gasteiger partial charge in [-0.2, -0.15) is 0 Å². The van der Waals surface area contributed by atoms with Crippen LogP contribution in [-0.2, 0) is 0 Å². The van der Waals surface area contributed by atoms with E-state index in [0.717, 1.165) is 27.8 Å². The smallest absolute Gasteiger partial charge is 0.141 e. The Bertz CT molecular complexity index is 999. The van der Waals surface area contributed by atoms with Crippen LogP contribution < -0.4 is 9.47 Å². The Morgan fingerprint density at radius 2 is 1.40 bits per heavy atom. The molecule has 0 fully saturated rings. The van der Waals surface area contributed by atoms with Crippen LogP contribution in [-0.4, -0.2) is 14.2 Å². The standard InChI is InChI=1S/C22H18O3/c1-23-18-12-20(24-2)22-19(14-25-21(22)13-18)17-10-8-16(9-11-17)15-6-4-3-5-7-15/h3-14H,1-2H3. The van der Waals surface area contributed by atoms with Crippen LogP contribution in [0.4, 0.5) is 0 Å². The lowest BCUT2D eigenvalue weighted by molar-refractivity contribution is 0.397. The summed E-state index contributed by atoms with van der Waals surface area (Å²) < 4.78 is 16.6. The second-order valence-corrected chi connectivity index (χ2v) is 5.80. The van der Waals surface area contributed by atoms with E-state index in [-0.39, 0.29) is 0 Å². The Morgan fingerprint density at radius 1 is 0.720 bits per heavy atom. The normalized spacial score (nSPS) is 10.8. The Hall–Kier alpha value is -3.20. The molecule has 0 spiro atoms. The van der Waals surface area contributed by atoms with Crippen LogP contribution >= 0.6 is 0 Å². The van der Waals surface area contributed by atoms with E-state index >= 15 is 0 Å². The predicted molar refractivity (Wildman–Crippen MR) is 100 cm³/mol. The first-order valence-electron chi connectivity index (χ1n) is 8.09. The molecule has 0 aliphatic heterocycles. The first-order valence-corrected chi connectivity index (χ1v) is 8.09. The maximum absolute atomic E-state index is 5.74. The maximum atomic E-state index is 5.74. The van der Waals surface area contributed by atoms with E-state index in [2.05, 4.69) is 36.4 Å². The Kier molecular flexibility index (Phi) is 3.90. The summed E-state index contributed by atoms with van der Waals surface area (Å²) in [5.41, 5.74) is 5.23. The highest BCUT2D eigenvalue weighted by molar-refractivity contribution is 5.99. The van der Waals surface area contributed by atoms with Crippen LogP contribution in [0, 0.1) is 0 Å². The average Bonchev–Trinajstić information content (AvgIpc) is 3.12. The third-order valence-electron chi connectivity index (χ3n) is 4.37. The second kappa shape index (κ2) is 6.36. The van der Waals surface area contributed by atoms with Gasteiger partial charge in [0, 0.05) is 17.7 Å². The monoisotopic (exact) mass is 330 g/mol. The van der Waals surface area contributed by atoms with Crippen LogP contribution in [0.3, 0.4) is 0 Å². The third kappa shape index (κ3) is 2.74. The number of benzene rings is 3. The number of ether oxygens (including phenoxy) is 2. The Labute approximate surface area is 146 Å². The van der Waals surface area contributed by atoms with Crippen LogP contribution in [0.2, 0.25) is 0 Å². The molecule has 124 valence electrons. The fourth-order valence-electron chi connectivity index (χ4n) is 3.07. The van der Waals surface area contributed by atoms with Gasteiger partial charge in [-0.3, -0.25) is 0 Å². The lowest BCUT2D eigenvalue weighted by Gasteiger charge is -2.08. The minimum Gasteiger partial charge on any atom is -0.496 e. The predicted octanol–water partition coefficient (Wildman–Crippen LogP) is 5.78. The molecule has 0 saturated heterocycles. The van der Waals surface area contributed by atoms with Gasteiger partial charge in [-0.1, -0.05) is 54.6 Å². The van der Waals surface area contributed by atoms with Crippen LogP contribution in [0.25, 0.3) is 33.2 Å². The van der Waals surface area contributed by atoms with E-state index < -0.39 is 0 Å². The molecule has 0 bridgehead atoms. The van der Waals surface area contributed by atoms with Gasteiger partial charge in [-0.25, -0.2) is 0 Å². The molecule has 3 aromatic carbocycles. The van der Waals surface area contributed by atoms with E-state index in [4.69, 9.17) is 13.9 Å². The Morgan fingerprint density at radius 3 is 2.08 bits per heavy atom. The fourth-order valence-corrected chi connectivity index (χ4v) is 3.07. The van der Waals surface area contributed by atoms with Crippen molar-refractivity contribution in [3.05, 3.63) is 73.0 Å². The summed E-state index contributed by atoms with van der Waals surface area (Å²) in [5, 5.41) is 0.954. The summed E-state index contributed by atoms with van der Waals surface area (Å²) in [7, 11) is 3.29. The highest BCUT2D eigenvalue weighted by Crippen LogP contribution is 2.40. The molecule has 0 aliphatic rings. The molecule has 3 heteroatoms. The van der Waals surface area contributed by atoms with Crippen molar-refractivity contribution in [3.8, 4) is 33.8 Å². The van der Waals surface area contributed by atoms with Gasteiger partial charge >= 0.3 is 0 Å². The SMILES string of the molecule is COc1cc(OC)c2c(-c3ccc(-c4ccccc4)cc3)coc2c1. The quantitative estimate of drug-likeness (QED) is 0.475. The van der Waals surface area contributed by atoms with Crippen molar-refractivity contribution < 1.29 is 13.9 Å². The molecular formula is C22H18O3. The minimum absolute atomic E-state index is 0.713. The lowest BCUT2D eigenvalue weighted by Crippen LogP contribution is -1.88. The molecule has 25 heavy (non-hydrogen) atoms. The van der Waals surface area contributed by atoms with E-state index in [1.807, 2.05) is 30.3 Å². The summed E-state index contributed by atoms with van der Waals surface area (Å²) in [6, 6.07) is 22.5. The van der Waals surface area contributed by atoms with Crippen molar-refractivity contribution in [3.63, 3.8) is 0 Å². The van der Waals surface area contributed by atoms with E-state index in [0.29, 0.717) is 5.75 Å². The summed E-state index contributed by atoms with van der Waals surface area (Å²) in [6.07, 6.45) is 1.77. The van der Waals surface area contributed by atoms with E-state index in [9.17, 15) is 0 Å². The van der Waals surface area contributed by atoms with Crippen LogP contribution in [0.15, 0.2) is 77.4 Å². The number of furan rings is 1. The second-order valence-electron chi connectivity index (χ2n) is 5.80. The van der Waals surface area contributed by atoms with Gasteiger partial charge in [0.15, 0.2) is 0 Å². The molecular weight excluding hydrogens is 312 g/mol. The fraction of sp³-hybridized carbons (Fsp3) is 0.0909. The molecule has 0 aliphatic carbocycles. The van der Waals surface area contributed by atoms with Crippen molar-refractivity contribution in [2.75, 3.05) is 14.2 Å². The van der Waals surface area contributed by atoms with Gasteiger partial charge in [-0.05, 0) is 16.7 Å². The molecule has 0 unspecified atom stereocenters. The largest absolute Gasteiger partial charge is 0.496 e. The molecule has 1 heterocycles. The topological polar surface area (TPSA) is 31.6 Å². The summed E-state index contributed by atoms with van der Waals surface area (Å²) in [5.74, 6) is 1.45. The molecule has 4 rings (SSSR count). The molecule has 1 aromatic heterocycles. The van der Waals surface area contributed by atoms with Gasteiger partial charge in [0.1, 0.15) is 17.1 Å². The molecule has 0 N–H and O–H groups in total. The zero-order chi connectivity index (χ0) is 17.2. The van der Waals surface area contributed by atoms with Gasteiger partial charge in [-0.15, -0.1) is 0 Å². The maximum Gasteiger partial charge on any atom is 0.141 e. The summed E-state index contributed by atoms with van der Waals surface area (Å²) in [6.45, 7) is 0. The van der Waals surface area contributed by atoms with Crippen molar-refractivity contribution in [1.29, 1.82) is 0 Å². The van der Waals surface area contributed by atoms with Crippen molar-refractivity contribution in [2.24, 2.45) is 0 Å². The first kappa shape index (κ1) is 15.3. The molecule has 0 amide bonds. The molecule has 4 aromatic rings. The zero-order valence-electron chi connectivity index (χ0n) is 14.2. The molecule has 3 nitrogen and oxygen atoms in total. The summed E-state index contributed by atoms with van der Waals surface area (Å²) in [4.78, 5) is 0. The van der Waals surface area contributed by atoms with Crippen molar-refractivity contribution >= 4 is 11.0 Å². The van der Waals surface area contributed by atoms with Crippen LogP contribution in [0.1, 0.15) is 0 Å². The van der Waals surface area contributed by atoms with Crippen LogP contribution in [0.5, 0.6) is 11.5 Å². The van der Waals surface area contributed by atoms with Gasteiger partial charge in [0.05, 0.1) is 25.9 Å². The van der Waals surface area contributed by atoms with E-state index in [1.54, 1.807) is 20.5 Å². The zero-order valence-corrected chi connectivity index (χ0v) is 14.2. The van der Waals surface area contributed by atoms with Crippen molar-refractivity contribution in [1.82, 2.24) is 0 Å². The number of hydrogen-bond acceptors (Lipinski definition) is 3. The first-order chi connectivity index (χ1) is 12.3. The lowest BCUT2D eigenvalue weighted by atomic mass is 9.99. The molecule has 0 atom stereocenters.